The highest BCUT2D eigenvalue weighted by molar-refractivity contribution is 5.95. The first-order valence-electron chi connectivity index (χ1n) is 8.44. The van der Waals surface area contributed by atoms with Crippen molar-refractivity contribution < 1.29 is 23.8 Å². The number of benzene rings is 2. The van der Waals surface area contributed by atoms with Crippen molar-refractivity contribution in [2.75, 3.05) is 13.2 Å². The van der Waals surface area contributed by atoms with Crippen LogP contribution in [0.25, 0.3) is 6.08 Å². The number of fused-ring (bicyclic) bond motifs is 1. The Balaban J connectivity index is 1.74. The zero-order valence-electron chi connectivity index (χ0n) is 14.8. The molecule has 0 amide bonds. The normalized spacial score (nSPS) is 12.5. The second kappa shape index (κ2) is 7.87. The quantitative estimate of drug-likeness (QED) is 0.584. The predicted molar refractivity (Wildman–Crippen MR) is 97.3 cm³/mol. The van der Waals surface area contributed by atoms with Gasteiger partial charge in [-0.15, -0.1) is 0 Å². The van der Waals surface area contributed by atoms with E-state index in [2.05, 4.69) is 0 Å². The first-order chi connectivity index (χ1) is 12.6. The fourth-order valence-electron chi connectivity index (χ4n) is 2.68. The zero-order valence-corrected chi connectivity index (χ0v) is 14.8. The lowest BCUT2D eigenvalue weighted by molar-refractivity contribution is -0.140. The van der Waals surface area contributed by atoms with Gasteiger partial charge in [-0.25, -0.2) is 4.79 Å². The number of ether oxygens (including phenoxy) is 3. The maximum atomic E-state index is 12.4. The van der Waals surface area contributed by atoms with Crippen LogP contribution in [0.5, 0.6) is 11.5 Å². The Morgan fingerprint density at radius 1 is 1.15 bits per heavy atom. The Bertz CT molecular complexity index is 866. The van der Waals surface area contributed by atoms with Crippen LogP contribution in [0.15, 0.2) is 48.0 Å². The molecule has 0 atom stereocenters. The molecule has 2 aromatic carbocycles. The fraction of sp³-hybridized carbons (Fsp3) is 0.238. The highest BCUT2D eigenvalue weighted by Crippen LogP contribution is 2.27. The van der Waals surface area contributed by atoms with Gasteiger partial charge in [0.2, 0.25) is 0 Å². The molecule has 0 aliphatic carbocycles. The molecule has 0 aromatic heterocycles. The van der Waals surface area contributed by atoms with Crippen LogP contribution >= 0.6 is 0 Å². The van der Waals surface area contributed by atoms with Crippen LogP contribution in [0.1, 0.15) is 35.3 Å². The molecule has 0 bridgehead atoms. The largest absolute Gasteiger partial charge is 0.493 e. The zero-order chi connectivity index (χ0) is 18.5. The second-order valence-electron chi connectivity index (χ2n) is 5.88. The van der Waals surface area contributed by atoms with E-state index < -0.39 is 5.97 Å². The molecule has 26 heavy (non-hydrogen) atoms. The van der Waals surface area contributed by atoms with Gasteiger partial charge in [-0.05, 0) is 44.2 Å². The Morgan fingerprint density at radius 2 is 1.96 bits per heavy atom. The highest BCUT2D eigenvalue weighted by atomic mass is 16.5. The molecule has 1 aliphatic heterocycles. The summed E-state index contributed by atoms with van der Waals surface area (Å²) in [6.07, 6.45) is 1.77. The minimum Gasteiger partial charge on any atom is -0.493 e. The number of hydrogen-bond acceptors (Lipinski definition) is 5. The first-order valence-corrected chi connectivity index (χ1v) is 8.44. The van der Waals surface area contributed by atoms with Gasteiger partial charge in [-0.3, -0.25) is 4.79 Å². The summed E-state index contributed by atoms with van der Waals surface area (Å²) in [4.78, 5) is 24.0. The molecule has 2 aromatic rings. The average Bonchev–Trinajstić information content (AvgIpc) is 2.66. The van der Waals surface area contributed by atoms with E-state index in [4.69, 9.17) is 14.2 Å². The number of Topliss-reactive ketones (excluding diaryl/α,β-unsaturated/α-hetero) is 1. The molecule has 134 valence electrons. The molecule has 0 saturated heterocycles. The van der Waals surface area contributed by atoms with Crippen molar-refractivity contribution in [3.8, 4) is 11.5 Å². The summed E-state index contributed by atoms with van der Waals surface area (Å²) in [7, 11) is 0. The molecule has 1 heterocycles. The Labute approximate surface area is 152 Å². The standard InChI is InChI=1S/C21H20O5/c1-3-24-20-9-8-15(14(2)22)10-17(20)12-26-21(23)18-11-16-6-4-5-7-19(16)25-13-18/h4-11H,3,12-13H2,1-2H3. The molecule has 0 N–H and O–H groups in total. The number of para-hydroxylation sites is 1. The van der Waals surface area contributed by atoms with Gasteiger partial charge < -0.3 is 14.2 Å². The van der Waals surface area contributed by atoms with Crippen LogP contribution in [0, 0.1) is 0 Å². The van der Waals surface area contributed by atoms with Crippen molar-refractivity contribution in [3.05, 3.63) is 64.7 Å². The van der Waals surface area contributed by atoms with E-state index in [0.717, 1.165) is 11.3 Å². The summed E-state index contributed by atoms with van der Waals surface area (Å²) in [5.74, 6) is 0.845. The molecule has 3 rings (SSSR count). The molecule has 0 radical (unpaired) electrons. The number of rotatable bonds is 6. The average molecular weight is 352 g/mol. The van der Waals surface area contributed by atoms with E-state index >= 15 is 0 Å². The van der Waals surface area contributed by atoms with Gasteiger partial charge in [-0.2, -0.15) is 0 Å². The van der Waals surface area contributed by atoms with E-state index in [1.807, 2.05) is 31.2 Å². The predicted octanol–water partition coefficient (Wildman–Crippen LogP) is 3.81. The van der Waals surface area contributed by atoms with Crippen molar-refractivity contribution in [2.24, 2.45) is 0 Å². The summed E-state index contributed by atoms with van der Waals surface area (Å²) in [5.41, 5.74) is 2.50. The Kier molecular flexibility index (Phi) is 5.37. The van der Waals surface area contributed by atoms with Gasteiger partial charge >= 0.3 is 5.97 Å². The molecule has 5 nitrogen and oxygen atoms in total. The molecule has 0 unspecified atom stereocenters. The second-order valence-corrected chi connectivity index (χ2v) is 5.88. The number of esters is 1. The summed E-state index contributed by atoms with van der Waals surface area (Å²) >= 11 is 0. The van der Waals surface area contributed by atoms with Crippen molar-refractivity contribution in [3.63, 3.8) is 0 Å². The lowest BCUT2D eigenvalue weighted by Gasteiger charge is -2.17. The Morgan fingerprint density at radius 3 is 2.73 bits per heavy atom. The molecule has 5 heteroatoms. The molecule has 0 saturated carbocycles. The summed E-state index contributed by atoms with van der Waals surface area (Å²) in [6, 6.07) is 12.6. The van der Waals surface area contributed by atoms with Crippen molar-refractivity contribution in [2.45, 2.75) is 20.5 Å². The van der Waals surface area contributed by atoms with E-state index in [-0.39, 0.29) is 19.0 Å². The number of carbonyl (C=O) groups excluding carboxylic acids is 2. The van der Waals surface area contributed by atoms with Gasteiger partial charge in [0, 0.05) is 16.7 Å². The van der Waals surface area contributed by atoms with Crippen LogP contribution in [0.3, 0.4) is 0 Å². The third-order valence-electron chi connectivity index (χ3n) is 4.02. The van der Waals surface area contributed by atoms with Crippen LogP contribution in [-0.2, 0) is 16.1 Å². The summed E-state index contributed by atoms with van der Waals surface area (Å²) in [6.45, 7) is 4.04. The fourth-order valence-corrected chi connectivity index (χ4v) is 2.68. The third kappa shape index (κ3) is 3.94. The highest BCUT2D eigenvalue weighted by Gasteiger charge is 2.19. The molecule has 0 spiro atoms. The number of ketones is 1. The molecular formula is C21H20O5. The van der Waals surface area contributed by atoms with Crippen LogP contribution in [-0.4, -0.2) is 25.0 Å². The van der Waals surface area contributed by atoms with Gasteiger partial charge in [0.1, 0.15) is 24.7 Å². The van der Waals surface area contributed by atoms with Crippen LogP contribution in [0.4, 0.5) is 0 Å². The van der Waals surface area contributed by atoms with Gasteiger partial charge in [0.25, 0.3) is 0 Å². The Hall–Kier alpha value is -3.08. The first kappa shape index (κ1) is 17.7. The van der Waals surface area contributed by atoms with E-state index in [0.29, 0.717) is 29.1 Å². The lowest BCUT2D eigenvalue weighted by Crippen LogP contribution is -2.17. The van der Waals surface area contributed by atoms with Crippen LogP contribution < -0.4 is 9.47 Å². The number of carbonyl (C=O) groups is 2. The molecular weight excluding hydrogens is 332 g/mol. The van der Waals surface area contributed by atoms with Crippen molar-refractivity contribution >= 4 is 17.8 Å². The SMILES string of the molecule is CCOc1ccc(C(C)=O)cc1COC(=O)C1=Cc2ccccc2OC1. The third-order valence-corrected chi connectivity index (χ3v) is 4.02. The smallest absolute Gasteiger partial charge is 0.337 e. The van der Waals surface area contributed by atoms with Gasteiger partial charge in [-0.1, -0.05) is 18.2 Å². The van der Waals surface area contributed by atoms with E-state index in [9.17, 15) is 9.59 Å². The minimum absolute atomic E-state index is 0.0221. The van der Waals surface area contributed by atoms with E-state index in [1.165, 1.54) is 6.92 Å². The molecule has 1 aliphatic rings. The maximum absolute atomic E-state index is 12.4. The monoisotopic (exact) mass is 352 g/mol. The number of hydrogen-bond donors (Lipinski definition) is 0. The van der Waals surface area contributed by atoms with Crippen molar-refractivity contribution in [1.82, 2.24) is 0 Å². The van der Waals surface area contributed by atoms with Gasteiger partial charge in [0.05, 0.1) is 12.2 Å². The summed E-state index contributed by atoms with van der Waals surface area (Å²) in [5, 5.41) is 0. The minimum atomic E-state index is -0.449. The van der Waals surface area contributed by atoms with E-state index in [1.54, 1.807) is 24.3 Å². The van der Waals surface area contributed by atoms with Crippen molar-refractivity contribution in [1.29, 1.82) is 0 Å². The van der Waals surface area contributed by atoms with Gasteiger partial charge in [0.15, 0.2) is 5.78 Å². The molecule has 0 fully saturated rings. The topological polar surface area (TPSA) is 61.8 Å². The lowest BCUT2D eigenvalue weighted by atomic mass is 10.1. The van der Waals surface area contributed by atoms with Crippen LogP contribution in [0.2, 0.25) is 0 Å². The maximum Gasteiger partial charge on any atom is 0.337 e. The summed E-state index contributed by atoms with van der Waals surface area (Å²) < 4.78 is 16.6.